The Morgan fingerprint density at radius 3 is 2.69 bits per heavy atom. The summed E-state index contributed by atoms with van der Waals surface area (Å²) in [5.41, 5.74) is 2.06. The zero-order chi connectivity index (χ0) is 20.0. The Labute approximate surface area is 179 Å². The Bertz CT molecular complexity index is 930. The third kappa shape index (κ3) is 3.29. The first-order chi connectivity index (χ1) is 14.1. The van der Waals surface area contributed by atoms with Gasteiger partial charge in [0.1, 0.15) is 0 Å². The number of hydrogen-bond donors (Lipinski definition) is 1. The van der Waals surface area contributed by atoms with Gasteiger partial charge in [0.05, 0.1) is 21.4 Å². The van der Waals surface area contributed by atoms with Gasteiger partial charge in [0.15, 0.2) is 0 Å². The summed E-state index contributed by atoms with van der Waals surface area (Å²) in [6.45, 7) is 1.96. The second kappa shape index (κ2) is 7.64. The van der Waals surface area contributed by atoms with Crippen molar-refractivity contribution >= 4 is 28.3 Å². The molecule has 3 aliphatic rings. The van der Waals surface area contributed by atoms with Crippen LogP contribution in [-0.2, 0) is 16.2 Å². The maximum atomic E-state index is 12.7. The Morgan fingerprint density at radius 1 is 1.21 bits per heavy atom. The summed E-state index contributed by atoms with van der Waals surface area (Å²) in [5.74, 6) is 2.03. The van der Waals surface area contributed by atoms with Crippen molar-refractivity contribution in [1.82, 2.24) is 9.97 Å². The van der Waals surface area contributed by atoms with Gasteiger partial charge in [-0.05, 0) is 55.2 Å². The largest absolute Gasteiger partial charge is 0.396 e. The number of fused-ring (bicyclic) bond motifs is 2. The summed E-state index contributed by atoms with van der Waals surface area (Å²) in [5, 5.41) is 10.7. The van der Waals surface area contributed by atoms with Crippen molar-refractivity contribution in [3.8, 4) is 0 Å². The molecule has 0 bridgehead atoms. The van der Waals surface area contributed by atoms with Crippen LogP contribution < -0.4 is 4.90 Å². The van der Waals surface area contributed by atoms with E-state index in [9.17, 15) is 9.32 Å². The normalized spacial score (nSPS) is 29.5. The molecular formula is C22H26ClN3O2S. The van der Waals surface area contributed by atoms with Crippen molar-refractivity contribution in [2.45, 2.75) is 48.3 Å². The van der Waals surface area contributed by atoms with E-state index >= 15 is 0 Å². The molecule has 2 fully saturated rings. The molecule has 1 saturated carbocycles. The van der Waals surface area contributed by atoms with E-state index in [4.69, 9.17) is 16.6 Å². The number of benzene rings is 1. The number of aromatic nitrogens is 2. The van der Waals surface area contributed by atoms with Gasteiger partial charge in [0.2, 0.25) is 5.95 Å². The van der Waals surface area contributed by atoms with Gasteiger partial charge in [0.25, 0.3) is 0 Å². The van der Waals surface area contributed by atoms with E-state index in [0.717, 1.165) is 66.8 Å². The van der Waals surface area contributed by atoms with E-state index in [1.54, 1.807) is 6.20 Å². The number of rotatable bonds is 3. The fourth-order valence-electron chi connectivity index (χ4n) is 5.48. The van der Waals surface area contributed by atoms with Gasteiger partial charge in [-0.15, -0.1) is 0 Å². The molecule has 5 rings (SSSR count). The summed E-state index contributed by atoms with van der Waals surface area (Å²) < 4.78 is 12.7. The minimum absolute atomic E-state index is 0.141. The van der Waals surface area contributed by atoms with E-state index in [-0.39, 0.29) is 17.9 Å². The molecule has 3 heterocycles. The van der Waals surface area contributed by atoms with Gasteiger partial charge >= 0.3 is 0 Å². The van der Waals surface area contributed by atoms with Gasteiger partial charge in [-0.1, -0.05) is 30.2 Å². The lowest BCUT2D eigenvalue weighted by atomic mass is 9.77. The minimum atomic E-state index is -1.06. The highest BCUT2D eigenvalue weighted by Crippen LogP contribution is 2.51. The monoisotopic (exact) mass is 431 g/mol. The number of hydrogen-bond acceptors (Lipinski definition) is 5. The second-order valence-corrected chi connectivity index (χ2v) is 10.5. The lowest BCUT2D eigenvalue weighted by Gasteiger charge is -2.33. The Hall–Kier alpha value is -1.50. The predicted octanol–water partition coefficient (Wildman–Crippen LogP) is 3.67. The van der Waals surface area contributed by atoms with Crippen LogP contribution in [0.2, 0.25) is 5.02 Å². The molecule has 7 heteroatoms. The quantitative estimate of drug-likeness (QED) is 0.803. The average molecular weight is 432 g/mol. The number of anilines is 1. The summed E-state index contributed by atoms with van der Waals surface area (Å²) in [6.07, 6.45) is 6.90. The highest BCUT2D eigenvalue weighted by atomic mass is 35.5. The third-order valence-corrected chi connectivity index (χ3v) is 8.96. The number of aliphatic hydroxyl groups is 1. The number of piperidine rings is 1. The smallest absolute Gasteiger partial charge is 0.225 e. The van der Waals surface area contributed by atoms with Crippen molar-refractivity contribution in [1.29, 1.82) is 0 Å². The van der Waals surface area contributed by atoms with Crippen LogP contribution in [0.5, 0.6) is 0 Å². The lowest BCUT2D eigenvalue weighted by Crippen LogP contribution is -2.37. The topological polar surface area (TPSA) is 66.3 Å². The van der Waals surface area contributed by atoms with E-state index in [1.807, 2.05) is 12.1 Å². The van der Waals surface area contributed by atoms with Gasteiger partial charge in [0, 0.05) is 42.1 Å². The van der Waals surface area contributed by atoms with Gasteiger partial charge in [-0.2, -0.15) is 0 Å². The van der Waals surface area contributed by atoms with E-state index in [0.29, 0.717) is 11.7 Å². The van der Waals surface area contributed by atoms with Crippen molar-refractivity contribution in [2.75, 3.05) is 30.3 Å². The van der Waals surface area contributed by atoms with Crippen molar-refractivity contribution in [3.05, 3.63) is 46.7 Å². The zero-order valence-electron chi connectivity index (χ0n) is 16.4. The molecule has 3 atom stereocenters. The maximum absolute atomic E-state index is 12.7. The van der Waals surface area contributed by atoms with Crippen LogP contribution in [0.1, 0.15) is 49.3 Å². The molecule has 1 aromatic heterocycles. The van der Waals surface area contributed by atoms with E-state index in [2.05, 4.69) is 22.0 Å². The van der Waals surface area contributed by atoms with Crippen molar-refractivity contribution < 1.29 is 9.32 Å². The molecule has 2 aliphatic heterocycles. The Morgan fingerprint density at radius 2 is 1.97 bits per heavy atom. The summed E-state index contributed by atoms with van der Waals surface area (Å²) >= 11 is 6.02. The van der Waals surface area contributed by atoms with Crippen molar-refractivity contribution in [3.63, 3.8) is 0 Å². The molecule has 0 radical (unpaired) electrons. The fraction of sp³-hybridized carbons (Fsp3) is 0.545. The summed E-state index contributed by atoms with van der Waals surface area (Å²) in [6, 6.07) is 8.18. The number of nitrogens with zero attached hydrogens (tertiary/aromatic N) is 3. The minimum Gasteiger partial charge on any atom is -0.396 e. The summed E-state index contributed by atoms with van der Waals surface area (Å²) in [4.78, 5) is 12.6. The molecule has 1 aromatic carbocycles. The van der Waals surface area contributed by atoms with Crippen LogP contribution >= 0.6 is 11.6 Å². The van der Waals surface area contributed by atoms with E-state index in [1.165, 1.54) is 5.56 Å². The van der Waals surface area contributed by atoms with Crippen LogP contribution in [0.25, 0.3) is 0 Å². The van der Waals surface area contributed by atoms with Crippen LogP contribution in [0.4, 0.5) is 5.95 Å². The highest BCUT2D eigenvalue weighted by molar-refractivity contribution is 7.85. The average Bonchev–Trinajstić information content (AvgIpc) is 3.29. The first-order valence-electron chi connectivity index (χ1n) is 10.5. The SMILES string of the molecule is O=S1CC2(CCCC2CO)c2nc(N3CCC(c4ccc(Cl)cc4)CC3)ncc21. The molecule has 3 unspecified atom stereocenters. The molecule has 2 aromatic rings. The Kier molecular flexibility index (Phi) is 5.13. The highest BCUT2D eigenvalue weighted by Gasteiger charge is 2.52. The molecule has 1 N–H and O–H groups in total. The first kappa shape index (κ1) is 19.5. The standard InChI is InChI=1S/C22H26ClN3O2S/c23-18-5-3-15(4-6-18)16-7-10-26(11-8-16)21-24-12-19-20(25-21)22(14-29(19)28)9-1-2-17(22)13-27/h3-6,12,16-17,27H,1-2,7-11,13-14H2. The predicted molar refractivity (Wildman–Crippen MR) is 115 cm³/mol. The lowest BCUT2D eigenvalue weighted by molar-refractivity contribution is 0.180. The molecule has 1 saturated heterocycles. The zero-order valence-corrected chi connectivity index (χ0v) is 18.0. The molecule has 1 aliphatic carbocycles. The molecule has 29 heavy (non-hydrogen) atoms. The summed E-state index contributed by atoms with van der Waals surface area (Å²) in [7, 11) is -1.06. The fourth-order valence-corrected chi connectivity index (χ4v) is 7.38. The second-order valence-electron chi connectivity index (χ2n) is 8.61. The van der Waals surface area contributed by atoms with Crippen LogP contribution in [-0.4, -0.2) is 44.7 Å². The molecule has 1 spiro atoms. The number of aliphatic hydroxyl groups excluding tert-OH is 1. The van der Waals surface area contributed by atoms with Gasteiger partial charge in [-0.25, -0.2) is 9.97 Å². The molecule has 154 valence electrons. The Balaban J connectivity index is 1.37. The van der Waals surface area contributed by atoms with Crippen LogP contribution in [0, 0.1) is 5.92 Å². The van der Waals surface area contributed by atoms with E-state index < -0.39 is 10.8 Å². The van der Waals surface area contributed by atoms with Gasteiger partial charge < -0.3 is 10.0 Å². The third-order valence-electron chi connectivity index (χ3n) is 7.14. The van der Waals surface area contributed by atoms with Gasteiger partial charge in [-0.3, -0.25) is 4.21 Å². The first-order valence-corrected chi connectivity index (χ1v) is 12.2. The van der Waals surface area contributed by atoms with Crippen molar-refractivity contribution in [2.24, 2.45) is 5.92 Å². The number of halogens is 1. The van der Waals surface area contributed by atoms with Crippen LogP contribution in [0.3, 0.4) is 0 Å². The van der Waals surface area contributed by atoms with Crippen LogP contribution in [0.15, 0.2) is 35.4 Å². The molecule has 5 nitrogen and oxygen atoms in total. The maximum Gasteiger partial charge on any atom is 0.225 e. The molecular weight excluding hydrogens is 406 g/mol. The molecule has 0 amide bonds.